The highest BCUT2D eigenvalue weighted by Gasteiger charge is 2.40. The van der Waals surface area contributed by atoms with E-state index in [0.29, 0.717) is 12.1 Å². The maximum absolute atomic E-state index is 13.5. The molecule has 1 aromatic carbocycles. The molecular formula is C25H31FN4O2. The van der Waals surface area contributed by atoms with Gasteiger partial charge in [0.05, 0.1) is 22.7 Å². The van der Waals surface area contributed by atoms with Crippen LogP contribution in [0.2, 0.25) is 0 Å². The van der Waals surface area contributed by atoms with Gasteiger partial charge in [-0.15, -0.1) is 0 Å². The largest absolute Gasteiger partial charge is 0.336 e. The number of likely N-dealkylation sites (tertiary alicyclic amines) is 1. The summed E-state index contributed by atoms with van der Waals surface area (Å²) in [5.41, 5.74) is 1.41. The van der Waals surface area contributed by atoms with Gasteiger partial charge < -0.3 is 14.7 Å². The smallest absolute Gasteiger partial charge is 0.255 e. The van der Waals surface area contributed by atoms with Gasteiger partial charge in [0.1, 0.15) is 5.82 Å². The minimum Gasteiger partial charge on any atom is -0.336 e. The Bertz CT molecular complexity index is 966. The average Bonchev–Trinajstić information content (AvgIpc) is 3.29. The van der Waals surface area contributed by atoms with Crippen LogP contribution in [0.1, 0.15) is 54.3 Å². The van der Waals surface area contributed by atoms with Crippen molar-refractivity contribution in [3.63, 3.8) is 0 Å². The number of benzene rings is 1. The SMILES string of the molecule is CN1CCN(C(=O)c2ccc(C3CCCN3C(=O)C(C)(C)c3ccc(F)cc3)nc2)CC1. The van der Waals surface area contributed by atoms with E-state index in [9.17, 15) is 14.0 Å². The maximum atomic E-state index is 13.5. The topological polar surface area (TPSA) is 56.8 Å². The molecule has 2 fully saturated rings. The van der Waals surface area contributed by atoms with Crippen LogP contribution in [0.4, 0.5) is 4.39 Å². The van der Waals surface area contributed by atoms with E-state index in [2.05, 4.69) is 16.9 Å². The third kappa shape index (κ3) is 4.39. The summed E-state index contributed by atoms with van der Waals surface area (Å²) >= 11 is 0. The van der Waals surface area contributed by atoms with Crippen LogP contribution in [0.25, 0.3) is 0 Å². The lowest BCUT2D eigenvalue weighted by molar-refractivity contribution is -0.137. The molecule has 2 aliphatic heterocycles. The van der Waals surface area contributed by atoms with Gasteiger partial charge in [-0.25, -0.2) is 4.39 Å². The second kappa shape index (κ2) is 8.98. The molecule has 3 heterocycles. The molecule has 2 saturated heterocycles. The highest BCUT2D eigenvalue weighted by atomic mass is 19.1. The van der Waals surface area contributed by atoms with E-state index >= 15 is 0 Å². The van der Waals surface area contributed by atoms with Gasteiger partial charge in [0, 0.05) is 38.9 Å². The van der Waals surface area contributed by atoms with Crippen molar-refractivity contribution in [2.75, 3.05) is 39.8 Å². The van der Waals surface area contributed by atoms with E-state index in [0.717, 1.165) is 50.3 Å². The Hall–Kier alpha value is -2.80. The summed E-state index contributed by atoms with van der Waals surface area (Å²) in [6.07, 6.45) is 3.38. The number of carbonyl (C=O) groups is 2. The normalized spacial score (nSPS) is 19.9. The number of halogens is 1. The molecule has 0 radical (unpaired) electrons. The van der Waals surface area contributed by atoms with Crippen LogP contribution >= 0.6 is 0 Å². The van der Waals surface area contributed by atoms with Crippen molar-refractivity contribution in [3.05, 3.63) is 65.2 Å². The molecule has 0 aliphatic carbocycles. The van der Waals surface area contributed by atoms with Crippen molar-refractivity contribution < 1.29 is 14.0 Å². The minimum atomic E-state index is -0.770. The second-order valence-corrected chi connectivity index (χ2v) is 9.36. The van der Waals surface area contributed by atoms with Crippen LogP contribution in [0.15, 0.2) is 42.6 Å². The lowest BCUT2D eigenvalue weighted by atomic mass is 9.83. The number of carbonyl (C=O) groups excluding carboxylic acids is 2. The summed E-state index contributed by atoms with van der Waals surface area (Å²) in [5.74, 6) is -0.300. The molecule has 2 amide bonds. The zero-order valence-corrected chi connectivity index (χ0v) is 19.1. The van der Waals surface area contributed by atoms with Crippen LogP contribution in [0.3, 0.4) is 0 Å². The van der Waals surface area contributed by atoms with Crippen molar-refractivity contribution >= 4 is 11.8 Å². The fraction of sp³-hybridized carbons (Fsp3) is 0.480. The van der Waals surface area contributed by atoms with Gasteiger partial charge in [0.2, 0.25) is 5.91 Å². The van der Waals surface area contributed by atoms with Crippen LogP contribution in [-0.2, 0) is 10.2 Å². The quantitative estimate of drug-likeness (QED) is 0.735. The molecule has 32 heavy (non-hydrogen) atoms. The Labute approximate surface area is 189 Å². The Morgan fingerprint density at radius 1 is 1.00 bits per heavy atom. The lowest BCUT2D eigenvalue weighted by Crippen LogP contribution is -2.47. The Morgan fingerprint density at radius 2 is 1.69 bits per heavy atom. The molecule has 0 saturated carbocycles. The fourth-order valence-electron chi connectivity index (χ4n) is 4.59. The predicted octanol–water partition coefficient (Wildman–Crippen LogP) is 3.25. The zero-order chi connectivity index (χ0) is 22.9. The molecule has 0 N–H and O–H groups in total. The number of nitrogens with zero attached hydrogens (tertiary/aromatic N) is 4. The first kappa shape index (κ1) is 22.4. The summed E-state index contributed by atoms with van der Waals surface area (Å²) < 4.78 is 13.4. The summed E-state index contributed by atoms with van der Waals surface area (Å²) in [7, 11) is 2.06. The number of pyridine rings is 1. The van der Waals surface area contributed by atoms with Crippen molar-refractivity contribution in [2.45, 2.75) is 38.1 Å². The Kier molecular flexibility index (Phi) is 6.29. The van der Waals surface area contributed by atoms with E-state index in [1.54, 1.807) is 18.3 Å². The monoisotopic (exact) mass is 438 g/mol. The number of likely N-dealkylation sites (N-methyl/N-ethyl adjacent to an activating group) is 1. The van der Waals surface area contributed by atoms with Crippen molar-refractivity contribution in [1.82, 2.24) is 19.7 Å². The summed E-state index contributed by atoms with van der Waals surface area (Å²) in [5, 5.41) is 0. The lowest BCUT2D eigenvalue weighted by Gasteiger charge is -2.33. The molecule has 2 aromatic rings. The number of hydrogen-bond acceptors (Lipinski definition) is 4. The van der Waals surface area contributed by atoms with E-state index in [-0.39, 0.29) is 23.7 Å². The first-order chi connectivity index (χ1) is 15.3. The van der Waals surface area contributed by atoms with Crippen molar-refractivity contribution in [2.24, 2.45) is 0 Å². The fourth-order valence-corrected chi connectivity index (χ4v) is 4.59. The van der Waals surface area contributed by atoms with E-state index in [4.69, 9.17) is 0 Å². The number of hydrogen-bond donors (Lipinski definition) is 0. The van der Waals surface area contributed by atoms with Crippen molar-refractivity contribution in [3.8, 4) is 0 Å². The highest BCUT2D eigenvalue weighted by molar-refractivity contribution is 5.94. The van der Waals surface area contributed by atoms with Gasteiger partial charge in [0.15, 0.2) is 0 Å². The molecule has 170 valence electrons. The molecule has 4 rings (SSSR count). The number of amides is 2. The van der Waals surface area contributed by atoms with Crippen molar-refractivity contribution in [1.29, 1.82) is 0 Å². The number of aromatic nitrogens is 1. The molecule has 1 unspecified atom stereocenters. The summed E-state index contributed by atoms with van der Waals surface area (Å²) in [4.78, 5) is 36.8. The first-order valence-electron chi connectivity index (χ1n) is 11.3. The van der Waals surface area contributed by atoms with E-state index < -0.39 is 5.41 Å². The van der Waals surface area contributed by atoms with Gasteiger partial charge in [-0.05, 0) is 63.6 Å². The molecule has 0 bridgehead atoms. The molecule has 0 spiro atoms. The molecule has 7 heteroatoms. The zero-order valence-electron chi connectivity index (χ0n) is 19.1. The summed E-state index contributed by atoms with van der Waals surface area (Å²) in [6, 6.07) is 9.73. The average molecular weight is 439 g/mol. The Morgan fingerprint density at radius 3 is 2.31 bits per heavy atom. The Balaban J connectivity index is 1.49. The molecular weight excluding hydrogens is 407 g/mol. The molecule has 2 aliphatic rings. The summed E-state index contributed by atoms with van der Waals surface area (Å²) in [6.45, 7) is 7.62. The van der Waals surface area contributed by atoms with Gasteiger partial charge in [0.25, 0.3) is 5.91 Å². The number of rotatable bonds is 4. The molecule has 1 aromatic heterocycles. The van der Waals surface area contributed by atoms with E-state index in [1.165, 1.54) is 12.1 Å². The van der Waals surface area contributed by atoms with Gasteiger partial charge >= 0.3 is 0 Å². The molecule has 1 atom stereocenters. The van der Waals surface area contributed by atoms with Crippen LogP contribution in [0.5, 0.6) is 0 Å². The van der Waals surface area contributed by atoms with Crippen LogP contribution in [-0.4, -0.2) is 71.3 Å². The van der Waals surface area contributed by atoms with Gasteiger partial charge in [-0.1, -0.05) is 12.1 Å². The maximum Gasteiger partial charge on any atom is 0.255 e. The standard InChI is InChI=1S/C25H31FN4O2/c1-25(2,19-7-9-20(26)10-8-19)24(32)30-12-4-5-22(30)21-11-6-18(17-27-21)23(31)29-15-13-28(3)14-16-29/h6-11,17,22H,4-5,12-16H2,1-3H3. The van der Waals surface area contributed by atoms with Crippen LogP contribution in [0, 0.1) is 5.82 Å². The van der Waals surface area contributed by atoms with Gasteiger partial charge in [-0.2, -0.15) is 0 Å². The third-order valence-electron chi connectivity index (χ3n) is 6.78. The van der Waals surface area contributed by atoms with Gasteiger partial charge in [-0.3, -0.25) is 14.6 Å². The third-order valence-corrected chi connectivity index (χ3v) is 6.78. The first-order valence-corrected chi connectivity index (χ1v) is 11.3. The second-order valence-electron chi connectivity index (χ2n) is 9.36. The molecule has 6 nitrogen and oxygen atoms in total. The minimum absolute atomic E-state index is 0.00555. The van der Waals surface area contributed by atoms with Crippen LogP contribution < -0.4 is 0 Å². The predicted molar refractivity (Wildman–Crippen MR) is 121 cm³/mol. The van der Waals surface area contributed by atoms with E-state index in [1.807, 2.05) is 35.8 Å². The highest BCUT2D eigenvalue weighted by Crippen LogP contribution is 2.36. The number of piperazine rings is 1.